The number of hydrogen-bond donors (Lipinski definition) is 2. The molecule has 2 nitrogen and oxygen atoms in total. The quantitative estimate of drug-likeness (QED) is 0.862. The predicted octanol–water partition coefficient (Wildman–Crippen LogP) is 3.48. The van der Waals surface area contributed by atoms with Gasteiger partial charge in [-0.3, -0.25) is 0 Å². The zero-order valence-electron chi connectivity index (χ0n) is 13.2. The second-order valence-corrected chi connectivity index (χ2v) is 7.21. The number of hydrogen-bond acceptors (Lipinski definition) is 2. The van der Waals surface area contributed by atoms with Crippen LogP contribution in [0.1, 0.15) is 51.2 Å². The van der Waals surface area contributed by atoms with E-state index in [-0.39, 0.29) is 5.41 Å². The van der Waals surface area contributed by atoms with E-state index in [4.69, 9.17) is 0 Å². The standard InChI is InChI=1S/C18H29NO/c1-18(2,3)17-9-7-14(8-10-17)11-19-12-15-5-4-6-16(15)13-20/h7-10,15-16,19-20H,4-6,11-13H2,1-3H3. The number of benzene rings is 1. The fourth-order valence-electron chi connectivity index (χ4n) is 3.15. The molecule has 2 rings (SSSR count). The van der Waals surface area contributed by atoms with Crippen LogP contribution in [0.3, 0.4) is 0 Å². The van der Waals surface area contributed by atoms with Crippen LogP contribution in [0, 0.1) is 11.8 Å². The molecule has 1 aliphatic rings. The lowest BCUT2D eigenvalue weighted by Crippen LogP contribution is -2.26. The molecule has 112 valence electrons. The van der Waals surface area contributed by atoms with Crippen LogP contribution in [0.5, 0.6) is 0 Å². The van der Waals surface area contributed by atoms with Crippen LogP contribution in [0.2, 0.25) is 0 Å². The van der Waals surface area contributed by atoms with Crippen LogP contribution in [-0.4, -0.2) is 18.3 Å². The summed E-state index contributed by atoms with van der Waals surface area (Å²) in [5.74, 6) is 1.18. The van der Waals surface area contributed by atoms with Crippen molar-refractivity contribution < 1.29 is 5.11 Å². The van der Waals surface area contributed by atoms with Crippen molar-refractivity contribution in [2.45, 2.75) is 52.0 Å². The maximum absolute atomic E-state index is 9.33. The zero-order chi connectivity index (χ0) is 14.6. The van der Waals surface area contributed by atoms with Gasteiger partial charge < -0.3 is 10.4 Å². The summed E-state index contributed by atoms with van der Waals surface area (Å²) < 4.78 is 0. The average molecular weight is 275 g/mol. The van der Waals surface area contributed by atoms with Crippen LogP contribution in [-0.2, 0) is 12.0 Å². The monoisotopic (exact) mass is 275 g/mol. The summed E-state index contributed by atoms with van der Waals surface area (Å²) in [5, 5.41) is 12.9. The van der Waals surface area contributed by atoms with Crippen LogP contribution in [0.15, 0.2) is 24.3 Å². The minimum Gasteiger partial charge on any atom is -0.396 e. The van der Waals surface area contributed by atoms with Gasteiger partial charge in [0.15, 0.2) is 0 Å². The molecule has 1 saturated carbocycles. The van der Waals surface area contributed by atoms with Gasteiger partial charge in [0.25, 0.3) is 0 Å². The number of aliphatic hydroxyl groups excluding tert-OH is 1. The van der Waals surface area contributed by atoms with Crippen molar-refractivity contribution in [3.63, 3.8) is 0 Å². The Morgan fingerprint density at radius 3 is 2.35 bits per heavy atom. The Labute approximate surface area is 123 Å². The fourth-order valence-corrected chi connectivity index (χ4v) is 3.15. The van der Waals surface area contributed by atoms with E-state index < -0.39 is 0 Å². The van der Waals surface area contributed by atoms with Gasteiger partial charge in [0.2, 0.25) is 0 Å². The summed E-state index contributed by atoms with van der Waals surface area (Å²) in [5.41, 5.74) is 2.96. The van der Waals surface area contributed by atoms with Crippen molar-refractivity contribution in [2.75, 3.05) is 13.2 Å². The summed E-state index contributed by atoms with van der Waals surface area (Å²) in [7, 11) is 0. The molecule has 2 unspecified atom stereocenters. The average Bonchev–Trinajstić information content (AvgIpc) is 2.86. The van der Waals surface area contributed by atoms with Crippen LogP contribution < -0.4 is 5.32 Å². The maximum Gasteiger partial charge on any atom is 0.0462 e. The Morgan fingerprint density at radius 1 is 1.10 bits per heavy atom. The number of rotatable bonds is 5. The number of nitrogens with one attached hydrogen (secondary N) is 1. The van der Waals surface area contributed by atoms with Crippen molar-refractivity contribution in [3.05, 3.63) is 35.4 Å². The summed E-state index contributed by atoms with van der Waals surface area (Å²) in [6, 6.07) is 8.93. The van der Waals surface area contributed by atoms with E-state index in [9.17, 15) is 5.11 Å². The first-order valence-corrected chi connectivity index (χ1v) is 7.91. The highest BCUT2D eigenvalue weighted by atomic mass is 16.3. The summed E-state index contributed by atoms with van der Waals surface area (Å²) >= 11 is 0. The van der Waals surface area contributed by atoms with Gasteiger partial charge in [-0.1, -0.05) is 51.5 Å². The molecule has 0 radical (unpaired) electrons. The molecule has 2 N–H and O–H groups in total. The van der Waals surface area contributed by atoms with Gasteiger partial charge >= 0.3 is 0 Å². The van der Waals surface area contributed by atoms with Gasteiger partial charge in [0, 0.05) is 13.2 Å². The second-order valence-electron chi connectivity index (χ2n) is 7.21. The highest BCUT2D eigenvalue weighted by Gasteiger charge is 2.25. The van der Waals surface area contributed by atoms with E-state index in [1.165, 1.54) is 30.4 Å². The number of aliphatic hydroxyl groups is 1. The lowest BCUT2D eigenvalue weighted by molar-refractivity contribution is 0.192. The Hall–Kier alpha value is -0.860. The van der Waals surface area contributed by atoms with Gasteiger partial charge in [0.1, 0.15) is 0 Å². The summed E-state index contributed by atoms with van der Waals surface area (Å²) in [6.07, 6.45) is 3.74. The van der Waals surface area contributed by atoms with Gasteiger partial charge in [-0.25, -0.2) is 0 Å². The smallest absolute Gasteiger partial charge is 0.0462 e. The molecule has 1 aromatic carbocycles. The second kappa shape index (κ2) is 6.73. The molecule has 0 saturated heterocycles. The van der Waals surface area contributed by atoms with Gasteiger partial charge in [-0.05, 0) is 47.8 Å². The molecule has 1 fully saturated rings. The minimum atomic E-state index is 0.226. The molecule has 0 bridgehead atoms. The maximum atomic E-state index is 9.33. The highest BCUT2D eigenvalue weighted by Crippen LogP contribution is 2.30. The minimum absolute atomic E-state index is 0.226. The van der Waals surface area contributed by atoms with Gasteiger partial charge in [-0.2, -0.15) is 0 Å². The van der Waals surface area contributed by atoms with Crippen LogP contribution in [0.4, 0.5) is 0 Å². The third kappa shape index (κ3) is 4.07. The third-order valence-corrected chi connectivity index (χ3v) is 4.61. The molecule has 1 aliphatic carbocycles. The molecular weight excluding hydrogens is 246 g/mol. The van der Waals surface area contributed by atoms with Crippen molar-refractivity contribution in [1.29, 1.82) is 0 Å². The van der Waals surface area contributed by atoms with E-state index >= 15 is 0 Å². The highest BCUT2D eigenvalue weighted by molar-refractivity contribution is 5.27. The van der Waals surface area contributed by atoms with E-state index in [1.807, 2.05) is 0 Å². The lowest BCUT2D eigenvalue weighted by Gasteiger charge is -2.20. The van der Waals surface area contributed by atoms with Crippen molar-refractivity contribution in [3.8, 4) is 0 Å². The van der Waals surface area contributed by atoms with E-state index in [2.05, 4.69) is 50.4 Å². The topological polar surface area (TPSA) is 32.3 Å². The molecule has 0 spiro atoms. The molecule has 1 aromatic rings. The van der Waals surface area contributed by atoms with Crippen LogP contribution in [0.25, 0.3) is 0 Å². The Bertz CT molecular complexity index is 404. The largest absolute Gasteiger partial charge is 0.396 e. The van der Waals surface area contributed by atoms with Crippen molar-refractivity contribution in [1.82, 2.24) is 5.32 Å². The van der Waals surface area contributed by atoms with Crippen molar-refractivity contribution >= 4 is 0 Å². The molecular formula is C18H29NO. The van der Waals surface area contributed by atoms with Crippen molar-refractivity contribution in [2.24, 2.45) is 11.8 Å². The van der Waals surface area contributed by atoms with Gasteiger partial charge in [0.05, 0.1) is 0 Å². The summed E-state index contributed by atoms with van der Waals surface area (Å²) in [4.78, 5) is 0. The molecule has 20 heavy (non-hydrogen) atoms. The molecule has 0 heterocycles. The predicted molar refractivity (Wildman–Crippen MR) is 84.8 cm³/mol. The first-order chi connectivity index (χ1) is 9.50. The first kappa shape index (κ1) is 15.5. The molecule has 2 atom stereocenters. The Balaban J connectivity index is 1.80. The van der Waals surface area contributed by atoms with E-state index in [1.54, 1.807) is 0 Å². The fraction of sp³-hybridized carbons (Fsp3) is 0.667. The third-order valence-electron chi connectivity index (χ3n) is 4.61. The zero-order valence-corrected chi connectivity index (χ0v) is 13.2. The summed E-state index contributed by atoms with van der Waals surface area (Å²) in [6.45, 7) is 9.05. The molecule has 0 aliphatic heterocycles. The van der Waals surface area contributed by atoms with E-state index in [0.717, 1.165) is 13.1 Å². The first-order valence-electron chi connectivity index (χ1n) is 7.91. The van der Waals surface area contributed by atoms with Crippen LogP contribution >= 0.6 is 0 Å². The normalized spacial score (nSPS) is 23.2. The molecule has 0 amide bonds. The molecule has 0 aromatic heterocycles. The molecule has 2 heteroatoms. The van der Waals surface area contributed by atoms with E-state index in [0.29, 0.717) is 18.4 Å². The Morgan fingerprint density at radius 2 is 1.75 bits per heavy atom. The Kier molecular flexibility index (Phi) is 5.22. The lowest BCUT2D eigenvalue weighted by atomic mass is 9.87. The van der Waals surface area contributed by atoms with Gasteiger partial charge in [-0.15, -0.1) is 0 Å². The SMILES string of the molecule is CC(C)(C)c1ccc(CNCC2CCCC2CO)cc1.